The SMILES string of the molecule is CCC(CC)(CNS(=O)(=O)c1ccccc1Br)SC. The molecule has 1 aromatic carbocycles. The zero-order valence-electron chi connectivity index (χ0n) is 11.4. The van der Waals surface area contributed by atoms with E-state index in [0.717, 1.165) is 12.8 Å². The van der Waals surface area contributed by atoms with Gasteiger partial charge in [-0.15, -0.1) is 0 Å². The van der Waals surface area contributed by atoms with Gasteiger partial charge in [-0.3, -0.25) is 0 Å². The number of halogens is 1. The highest BCUT2D eigenvalue weighted by Gasteiger charge is 2.28. The summed E-state index contributed by atoms with van der Waals surface area (Å²) in [7, 11) is -3.46. The lowest BCUT2D eigenvalue weighted by molar-refractivity contribution is 0.522. The van der Waals surface area contributed by atoms with Gasteiger partial charge in [0.2, 0.25) is 10.0 Å². The summed E-state index contributed by atoms with van der Waals surface area (Å²) in [6.45, 7) is 4.63. The van der Waals surface area contributed by atoms with Crippen molar-refractivity contribution in [1.82, 2.24) is 4.72 Å². The van der Waals surface area contributed by atoms with E-state index in [-0.39, 0.29) is 9.64 Å². The number of nitrogens with one attached hydrogen (secondary N) is 1. The molecule has 108 valence electrons. The van der Waals surface area contributed by atoms with E-state index in [2.05, 4.69) is 34.5 Å². The normalized spacial score (nSPS) is 12.6. The lowest BCUT2D eigenvalue weighted by atomic mass is 10.0. The summed E-state index contributed by atoms with van der Waals surface area (Å²) in [5.41, 5.74) is 0. The molecule has 0 spiro atoms. The van der Waals surface area contributed by atoms with Crippen LogP contribution in [0.5, 0.6) is 0 Å². The van der Waals surface area contributed by atoms with Crippen LogP contribution in [-0.2, 0) is 10.0 Å². The average Bonchev–Trinajstić information content (AvgIpc) is 2.41. The van der Waals surface area contributed by atoms with Crippen LogP contribution in [0.4, 0.5) is 0 Å². The van der Waals surface area contributed by atoms with Gasteiger partial charge in [-0.2, -0.15) is 11.8 Å². The lowest BCUT2D eigenvalue weighted by Crippen LogP contribution is -2.39. The van der Waals surface area contributed by atoms with Crippen LogP contribution in [0.3, 0.4) is 0 Å². The molecular weight excluding hydrogens is 346 g/mol. The van der Waals surface area contributed by atoms with Crippen LogP contribution < -0.4 is 4.72 Å². The molecule has 0 aliphatic heterocycles. The molecule has 19 heavy (non-hydrogen) atoms. The van der Waals surface area contributed by atoms with Crippen LogP contribution in [0, 0.1) is 0 Å². The third-order valence-electron chi connectivity index (χ3n) is 3.43. The Morgan fingerprint density at radius 3 is 2.32 bits per heavy atom. The third-order valence-corrected chi connectivity index (χ3v) is 7.43. The predicted molar refractivity (Wildman–Crippen MR) is 86.2 cm³/mol. The molecule has 0 aromatic heterocycles. The first kappa shape index (κ1) is 17.0. The van der Waals surface area contributed by atoms with Crippen LogP contribution in [0.1, 0.15) is 26.7 Å². The van der Waals surface area contributed by atoms with Gasteiger partial charge in [0.25, 0.3) is 0 Å². The van der Waals surface area contributed by atoms with Gasteiger partial charge >= 0.3 is 0 Å². The molecule has 1 aromatic rings. The van der Waals surface area contributed by atoms with E-state index in [1.165, 1.54) is 0 Å². The molecule has 0 bridgehead atoms. The molecule has 0 aliphatic rings. The van der Waals surface area contributed by atoms with Crippen molar-refractivity contribution < 1.29 is 8.42 Å². The lowest BCUT2D eigenvalue weighted by Gasteiger charge is -2.29. The Balaban J connectivity index is 2.90. The number of sulfonamides is 1. The second-order valence-electron chi connectivity index (χ2n) is 4.35. The quantitative estimate of drug-likeness (QED) is 0.801. The average molecular weight is 366 g/mol. The van der Waals surface area contributed by atoms with Gasteiger partial charge in [-0.05, 0) is 47.2 Å². The Bertz CT molecular complexity index is 505. The van der Waals surface area contributed by atoms with Crippen molar-refractivity contribution in [2.75, 3.05) is 12.8 Å². The summed E-state index contributed by atoms with van der Waals surface area (Å²) in [5, 5.41) is 0. The van der Waals surface area contributed by atoms with E-state index in [4.69, 9.17) is 0 Å². The summed E-state index contributed by atoms with van der Waals surface area (Å²) in [5.74, 6) is 0. The standard InChI is InChI=1S/C13H20BrNO2S2/c1-4-13(5-2,18-3)10-15-19(16,17)12-9-7-6-8-11(12)14/h6-9,15H,4-5,10H2,1-3H3. The molecule has 0 atom stereocenters. The minimum Gasteiger partial charge on any atom is -0.210 e. The molecule has 0 fully saturated rings. The number of hydrogen-bond acceptors (Lipinski definition) is 3. The molecule has 0 heterocycles. The van der Waals surface area contributed by atoms with Gasteiger partial charge in [-0.25, -0.2) is 13.1 Å². The van der Waals surface area contributed by atoms with Crippen molar-refractivity contribution in [3.8, 4) is 0 Å². The predicted octanol–water partition coefficient (Wildman–Crippen LogP) is 3.65. The van der Waals surface area contributed by atoms with Gasteiger partial charge in [0.15, 0.2) is 0 Å². The maximum Gasteiger partial charge on any atom is 0.241 e. The molecule has 0 amide bonds. The zero-order valence-corrected chi connectivity index (χ0v) is 14.7. The monoisotopic (exact) mass is 365 g/mol. The van der Waals surface area contributed by atoms with Crippen molar-refractivity contribution in [1.29, 1.82) is 0 Å². The van der Waals surface area contributed by atoms with Crippen molar-refractivity contribution >= 4 is 37.7 Å². The summed E-state index contributed by atoms with van der Waals surface area (Å²) in [6.07, 6.45) is 3.89. The van der Waals surface area contributed by atoms with Crippen LogP contribution in [0.15, 0.2) is 33.6 Å². The molecule has 1 rings (SSSR count). The molecule has 3 nitrogen and oxygen atoms in total. The maximum atomic E-state index is 12.3. The van der Waals surface area contributed by atoms with Crippen molar-refractivity contribution in [3.63, 3.8) is 0 Å². The molecule has 0 unspecified atom stereocenters. The van der Waals surface area contributed by atoms with Gasteiger partial charge in [0.1, 0.15) is 0 Å². The Hall–Kier alpha value is -0.0400. The van der Waals surface area contributed by atoms with Crippen LogP contribution in [0.2, 0.25) is 0 Å². The van der Waals surface area contributed by atoms with E-state index in [1.54, 1.807) is 36.0 Å². The third kappa shape index (κ3) is 4.21. The zero-order chi connectivity index (χ0) is 14.5. The van der Waals surface area contributed by atoms with E-state index < -0.39 is 10.0 Å². The first-order valence-corrected chi connectivity index (χ1v) is 9.70. The van der Waals surface area contributed by atoms with Crippen molar-refractivity contribution in [2.45, 2.75) is 36.3 Å². The molecule has 6 heteroatoms. The second-order valence-corrected chi connectivity index (χ2v) is 8.21. The highest BCUT2D eigenvalue weighted by molar-refractivity contribution is 9.10. The van der Waals surface area contributed by atoms with Crippen molar-refractivity contribution in [3.05, 3.63) is 28.7 Å². The molecule has 0 saturated carbocycles. The van der Waals surface area contributed by atoms with Gasteiger partial charge in [0, 0.05) is 15.8 Å². The second kappa shape index (κ2) is 7.11. The number of benzene rings is 1. The maximum absolute atomic E-state index is 12.3. The smallest absolute Gasteiger partial charge is 0.210 e. The Morgan fingerprint density at radius 1 is 1.26 bits per heavy atom. The minimum atomic E-state index is -3.46. The number of rotatable bonds is 7. The van der Waals surface area contributed by atoms with E-state index in [9.17, 15) is 8.42 Å². The highest BCUT2D eigenvalue weighted by atomic mass is 79.9. The fourth-order valence-electron chi connectivity index (χ4n) is 1.83. The Morgan fingerprint density at radius 2 is 1.84 bits per heavy atom. The summed E-state index contributed by atoms with van der Waals surface area (Å²) in [6, 6.07) is 6.86. The molecular formula is C13H20BrNO2S2. The van der Waals surface area contributed by atoms with E-state index in [0.29, 0.717) is 11.0 Å². The van der Waals surface area contributed by atoms with Crippen LogP contribution >= 0.6 is 27.7 Å². The van der Waals surface area contributed by atoms with Gasteiger partial charge < -0.3 is 0 Å². The summed E-state index contributed by atoms with van der Waals surface area (Å²) < 4.78 is 27.9. The van der Waals surface area contributed by atoms with E-state index in [1.807, 2.05) is 6.26 Å². The van der Waals surface area contributed by atoms with E-state index >= 15 is 0 Å². The molecule has 0 saturated heterocycles. The molecule has 0 radical (unpaired) electrons. The highest BCUT2D eigenvalue weighted by Crippen LogP contribution is 2.30. The van der Waals surface area contributed by atoms with Gasteiger partial charge in [-0.1, -0.05) is 26.0 Å². The first-order chi connectivity index (χ1) is 8.90. The fourth-order valence-corrected chi connectivity index (χ4v) is 4.84. The number of hydrogen-bond donors (Lipinski definition) is 1. The topological polar surface area (TPSA) is 46.2 Å². The summed E-state index contributed by atoms with van der Waals surface area (Å²) in [4.78, 5) is 0.289. The molecule has 0 aliphatic carbocycles. The van der Waals surface area contributed by atoms with Crippen LogP contribution in [0.25, 0.3) is 0 Å². The van der Waals surface area contributed by atoms with Gasteiger partial charge in [0.05, 0.1) is 4.90 Å². The summed E-state index contributed by atoms with van der Waals surface area (Å²) >= 11 is 5.00. The minimum absolute atomic E-state index is 0.0334. The fraction of sp³-hybridized carbons (Fsp3) is 0.538. The largest absolute Gasteiger partial charge is 0.241 e. The van der Waals surface area contributed by atoms with Crippen LogP contribution in [-0.4, -0.2) is 26.0 Å². The Labute approximate surface area is 128 Å². The first-order valence-electron chi connectivity index (χ1n) is 6.20. The number of thioether (sulfide) groups is 1. The Kier molecular flexibility index (Phi) is 6.36. The van der Waals surface area contributed by atoms with Crippen molar-refractivity contribution in [2.24, 2.45) is 0 Å². The molecule has 1 N–H and O–H groups in total.